The van der Waals surface area contributed by atoms with Gasteiger partial charge in [-0.15, -0.1) is 0 Å². The lowest BCUT2D eigenvalue weighted by Gasteiger charge is -2.25. The number of benzene rings is 2. The molecule has 0 aliphatic heterocycles. The Hall–Kier alpha value is -4.18. The quantitative estimate of drug-likeness (QED) is 0.297. The molecule has 0 saturated carbocycles. The second kappa shape index (κ2) is 11.5. The van der Waals surface area contributed by atoms with Crippen molar-refractivity contribution in [3.05, 3.63) is 89.2 Å². The average molecular weight is 534 g/mol. The number of aromatic nitrogens is 2. The fraction of sp³-hybridized carbons (Fsp3) is 0.250. The minimum Gasteiger partial charge on any atom is -0.355 e. The van der Waals surface area contributed by atoms with Crippen LogP contribution in [-0.4, -0.2) is 38.1 Å². The summed E-state index contributed by atoms with van der Waals surface area (Å²) in [5.74, 6) is 0.541. The molecule has 2 N–H and O–H groups in total. The molecule has 0 aliphatic rings. The maximum atomic E-state index is 13.3. The Labute approximate surface area is 222 Å². The van der Waals surface area contributed by atoms with Crippen LogP contribution in [0.2, 0.25) is 0 Å². The first-order chi connectivity index (χ1) is 18.2. The zero-order valence-electron chi connectivity index (χ0n) is 21.9. The summed E-state index contributed by atoms with van der Waals surface area (Å²) in [7, 11) is -2.33. The largest absolute Gasteiger partial charge is 0.355 e. The van der Waals surface area contributed by atoms with Crippen molar-refractivity contribution in [1.29, 1.82) is 0 Å². The van der Waals surface area contributed by atoms with Crippen LogP contribution in [0.15, 0.2) is 76.3 Å². The average Bonchev–Trinajstić information content (AvgIpc) is 3.24. The smallest absolute Gasteiger partial charge is 0.264 e. The summed E-state index contributed by atoms with van der Waals surface area (Å²) >= 11 is 0. The van der Waals surface area contributed by atoms with Gasteiger partial charge in [0.1, 0.15) is 5.82 Å². The van der Waals surface area contributed by atoms with Gasteiger partial charge in [0.25, 0.3) is 15.9 Å². The van der Waals surface area contributed by atoms with Gasteiger partial charge in [-0.2, -0.15) is 0 Å². The Morgan fingerprint density at radius 1 is 1.03 bits per heavy atom. The van der Waals surface area contributed by atoms with Crippen LogP contribution >= 0.6 is 0 Å². The molecule has 38 heavy (non-hydrogen) atoms. The van der Waals surface area contributed by atoms with Gasteiger partial charge in [-0.05, 0) is 49.6 Å². The number of carbonyl (C=O) groups excluding carboxylic acids is 1. The first kappa shape index (κ1) is 26.9. The molecule has 0 radical (unpaired) electrons. The standard InChI is InChI=1S/C28H31N5O4S/c1-5-17-33(26-24(27(34)29-4)10-8-16-30-26)18-21-12-14-22(15-13-21)23-9-6-7-11-25(23)38(35,36)32-28-19(2)20(3)31-37-28/h6-16,32H,5,17-18H2,1-4H3,(H,29,34). The molecular weight excluding hydrogens is 502 g/mol. The predicted molar refractivity (Wildman–Crippen MR) is 148 cm³/mol. The molecule has 0 fully saturated rings. The van der Waals surface area contributed by atoms with E-state index in [1.807, 2.05) is 24.3 Å². The molecule has 0 bridgehead atoms. The number of sulfonamides is 1. The number of pyridine rings is 1. The Bertz CT molecular complexity index is 1530. The lowest BCUT2D eigenvalue weighted by Crippen LogP contribution is -2.29. The summed E-state index contributed by atoms with van der Waals surface area (Å²) < 4.78 is 34.2. The Morgan fingerprint density at radius 2 is 1.76 bits per heavy atom. The number of carbonyl (C=O) groups is 1. The number of aryl methyl sites for hydroxylation is 1. The molecule has 4 rings (SSSR count). The van der Waals surface area contributed by atoms with Gasteiger partial charge in [-0.25, -0.2) is 18.1 Å². The van der Waals surface area contributed by atoms with E-state index in [0.29, 0.717) is 34.7 Å². The number of rotatable bonds is 10. The second-order valence-corrected chi connectivity index (χ2v) is 10.5. The van der Waals surface area contributed by atoms with Crippen molar-refractivity contribution in [2.24, 2.45) is 0 Å². The fourth-order valence-corrected chi connectivity index (χ4v) is 5.41. The number of amides is 1. The van der Waals surface area contributed by atoms with E-state index in [4.69, 9.17) is 4.52 Å². The summed E-state index contributed by atoms with van der Waals surface area (Å²) in [5.41, 5.74) is 4.10. The monoisotopic (exact) mass is 533 g/mol. The van der Waals surface area contributed by atoms with E-state index in [1.165, 1.54) is 0 Å². The van der Waals surface area contributed by atoms with Crippen LogP contribution in [0.5, 0.6) is 0 Å². The van der Waals surface area contributed by atoms with Crippen molar-refractivity contribution in [3.8, 4) is 11.1 Å². The van der Waals surface area contributed by atoms with Crippen LogP contribution in [0.4, 0.5) is 11.7 Å². The van der Waals surface area contributed by atoms with Gasteiger partial charge in [0, 0.05) is 37.5 Å². The zero-order valence-corrected chi connectivity index (χ0v) is 22.7. The van der Waals surface area contributed by atoms with Gasteiger partial charge < -0.3 is 14.7 Å². The zero-order chi connectivity index (χ0) is 27.3. The number of nitrogens with one attached hydrogen (secondary N) is 2. The van der Waals surface area contributed by atoms with E-state index in [1.54, 1.807) is 63.5 Å². The molecule has 0 aliphatic carbocycles. The van der Waals surface area contributed by atoms with Crippen LogP contribution in [-0.2, 0) is 16.6 Å². The van der Waals surface area contributed by atoms with E-state index >= 15 is 0 Å². The molecule has 2 aromatic heterocycles. The summed E-state index contributed by atoms with van der Waals surface area (Å²) in [6.45, 7) is 6.84. The number of hydrogen-bond donors (Lipinski definition) is 2. The summed E-state index contributed by atoms with van der Waals surface area (Å²) in [6, 6.07) is 18.1. The second-order valence-electron chi connectivity index (χ2n) is 8.90. The maximum Gasteiger partial charge on any atom is 0.264 e. The summed E-state index contributed by atoms with van der Waals surface area (Å²) in [4.78, 5) is 19.1. The number of nitrogens with zero attached hydrogens (tertiary/aromatic N) is 3. The lowest BCUT2D eigenvalue weighted by molar-refractivity contribution is 0.0963. The lowest BCUT2D eigenvalue weighted by atomic mass is 10.0. The topological polar surface area (TPSA) is 117 Å². The third kappa shape index (κ3) is 5.70. The molecule has 0 saturated heterocycles. The van der Waals surface area contributed by atoms with Crippen LogP contribution < -0.4 is 14.9 Å². The third-order valence-corrected chi connectivity index (χ3v) is 7.64. The van der Waals surface area contributed by atoms with E-state index in [0.717, 1.165) is 24.1 Å². The molecular formula is C28H31N5O4S. The molecule has 1 amide bonds. The van der Waals surface area contributed by atoms with E-state index < -0.39 is 10.0 Å². The van der Waals surface area contributed by atoms with Crippen molar-refractivity contribution in [2.45, 2.75) is 38.6 Å². The van der Waals surface area contributed by atoms with Gasteiger partial charge in [0.2, 0.25) is 5.88 Å². The van der Waals surface area contributed by atoms with Gasteiger partial charge >= 0.3 is 0 Å². The minimum atomic E-state index is -3.93. The Kier molecular flexibility index (Phi) is 8.11. The molecule has 0 atom stereocenters. The molecule has 198 valence electrons. The summed E-state index contributed by atoms with van der Waals surface area (Å²) in [5, 5.41) is 6.51. The Balaban J connectivity index is 1.61. The van der Waals surface area contributed by atoms with Crippen molar-refractivity contribution < 1.29 is 17.7 Å². The minimum absolute atomic E-state index is 0.106. The molecule has 4 aromatic rings. The molecule has 0 spiro atoms. The van der Waals surface area contributed by atoms with Gasteiger partial charge in [-0.3, -0.25) is 4.79 Å². The van der Waals surface area contributed by atoms with E-state index in [9.17, 15) is 13.2 Å². The van der Waals surface area contributed by atoms with Gasteiger partial charge in [0.15, 0.2) is 0 Å². The van der Waals surface area contributed by atoms with Crippen LogP contribution in [0.1, 0.15) is 40.5 Å². The van der Waals surface area contributed by atoms with Crippen molar-refractivity contribution in [2.75, 3.05) is 23.2 Å². The predicted octanol–water partition coefficient (Wildman–Crippen LogP) is 4.93. The SMILES string of the molecule is CCCN(Cc1ccc(-c2ccccc2S(=O)(=O)Nc2onc(C)c2C)cc1)c1ncccc1C(=O)NC. The molecule has 2 heterocycles. The highest BCUT2D eigenvalue weighted by Gasteiger charge is 2.23. The van der Waals surface area contributed by atoms with Crippen molar-refractivity contribution in [1.82, 2.24) is 15.5 Å². The van der Waals surface area contributed by atoms with E-state index in [-0.39, 0.29) is 16.7 Å². The van der Waals surface area contributed by atoms with Crippen molar-refractivity contribution in [3.63, 3.8) is 0 Å². The highest BCUT2D eigenvalue weighted by Crippen LogP contribution is 2.30. The van der Waals surface area contributed by atoms with E-state index in [2.05, 4.69) is 32.0 Å². The third-order valence-electron chi connectivity index (χ3n) is 6.25. The first-order valence-corrected chi connectivity index (χ1v) is 13.8. The molecule has 2 aromatic carbocycles. The maximum absolute atomic E-state index is 13.3. The highest BCUT2D eigenvalue weighted by molar-refractivity contribution is 7.92. The number of hydrogen-bond acceptors (Lipinski definition) is 7. The van der Waals surface area contributed by atoms with Crippen LogP contribution in [0, 0.1) is 13.8 Å². The Morgan fingerprint density at radius 3 is 2.42 bits per heavy atom. The van der Waals surface area contributed by atoms with Crippen LogP contribution in [0.25, 0.3) is 11.1 Å². The van der Waals surface area contributed by atoms with Crippen LogP contribution in [0.3, 0.4) is 0 Å². The van der Waals surface area contributed by atoms with Crippen molar-refractivity contribution >= 4 is 27.6 Å². The van der Waals surface area contributed by atoms with Gasteiger partial charge in [-0.1, -0.05) is 54.5 Å². The number of anilines is 2. The summed E-state index contributed by atoms with van der Waals surface area (Å²) in [6.07, 6.45) is 2.56. The normalized spacial score (nSPS) is 11.3. The molecule has 10 heteroatoms. The van der Waals surface area contributed by atoms with Gasteiger partial charge in [0.05, 0.1) is 16.2 Å². The first-order valence-electron chi connectivity index (χ1n) is 12.3. The molecule has 9 nitrogen and oxygen atoms in total. The molecule has 0 unspecified atom stereocenters. The fourth-order valence-electron chi connectivity index (χ4n) is 4.13. The highest BCUT2D eigenvalue weighted by atomic mass is 32.2.